The molecule has 3 rings (SSSR count). The van der Waals surface area contributed by atoms with Crippen LogP contribution in [0.15, 0.2) is 47.6 Å². The predicted molar refractivity (Wildman–Crippen MR) is 86.9 cm³/mol. The fourth-order valence-corrected chi connectivity index (χ4v) is 4.07. The number of sulfonamides is 1. The second-order valence-electron chi connectivity index (χ2n) is 5.25. The highest BCUT2D eigenvalue weighted by Crippen LogP contribution is 2.20. The Morgan fingerprint density at radius 1 is 1.04 bits per heavy atom. The molecule has 1 fully saturated rings. The lowest BCUT2D eigenvalue weighted by molar-refractivity contribution is 0.0698. The number of aromatic amines is 1. The first-order valence-corrected chi connectivity index (χ1v) is 8.98. The van der Waals surface area contributed by atoms with Crippen molar-refractivity contribution in [2.45, 2.75) is 4.90 Å². The van der Waals surface area contributed by atoms with Gasteiger partial charge < -0.3 is 9.88 Å². The van der Waals surface area contributed by atoms with E-state index in [9.17, 15) is 13.2 Å². The highest BCUT2D eigenvalue weighted by Gasteiger charge is 2.30. The van der Waals surface area contributed by atoms with Crippen LogP contribution in [0.3, 0.4) is 0 Å². The number of hydrogen-bond acceptors (Lipinski definition) is 3. The molecule has 1 aliphatic rings. The summed E-state index contributed by atoms with van der Waals surface area (Å²) in [6.07, 6.45) is 3.33. The highest BCUT2D eigenvalue weighted by atomic mass is 35.5. The maximum Gasteiger partial charge on any atom is 0.255 e. The predicted octanol–water partition coefficient (Wildman–Crippen LogP) is 1.81. The number of carbonyl (C=O) groups excluding carboxylic acids is 1. The molecule has 0 unspecified atom stereocenters. The summed E-state index contributed by atoms with van der Waals surface area (Å²) >= 11 is 5.80. The number of carbonyl (C=O) groups is 1. The van der Waals surface area contributed by atoms with Crippen LogP contribution in [0.2, 0.25) is 5.02 Å². The van der Waals surface area contributed by atoms with E-state index in [1.807, 2.05) is 0 Å². The molecule has 0 aliphatic carbocycles. The number of hydrogen-bond donors (Lipinski definition) is 1. The molecule has 8 heteroatoms. The van der Waals surface area contributed by atoms with Crippen molar-refractivity contribution in [2.75, 3.05) is 26.2 Å². The van der Waals surface area contributed by atoms with Crippen LogP contribution in [0, 0.1) is 0 Å². The van der Waals surface area contributed by atoms with E-state index in [1.165, 1.54) is 16.4 Å². The van der Waals surface area contributed by atoms with Crippen molar-refractivity contribution in [3.05, 3.63) is 53.3 Å². The molecule has 0 radical (unpaired) electrons. The molecule has 1 N–H and O–H groups in total. The number of rotatable bonds is 3. The van der Waals surface area contributed by atoms with Gasteiger partial charge in [-0.2, -0.15) is 4.31 Å². The zero-order chi connectivity index (χ0) is 16.4. The fraction of sp³-hybridized carbons (Fsp3) is 0.267. The number of nitrogens with one attached hydrogen (secondary N) is 1. The molecular weight excluding hydrogens is 338 g/mol. The van der Waals surface area contributed by atoms with Crippen LogP contribution in [0.5, 0.6) is 0 Å². The Morgan fingerprint density at radius 2 is 1.70 bits per heavy atom. The normalized spacial score (nSPS) is 16.5. The van der Waals surface area contributed by atoms with E-state index in [1.54, 1.807) is 35.5 Å². The molecule has 6 nitrogen and oxygen atoms in total. The minimum Gasteiger partial charge on any atom is -0.367 e. The summed E-state index contributed by atoms with van der Waals surface area (Å²) in [7, 11) is -3.55. The summed E-state index contributed by atoms with van der Waals surface area (Å²) in [5, 5.41) is 0.492. The van der Waals surface area contributed by atoms with Gasteiger partial charge in [0, 0.05) is 43.6 Å². The van der Waals surface area contributed by atoms with E-state index in [0.29, 0.717) is 23.7 Å². The molecule has 1 aliphatic heterocycles. The summed E-state index contributed by atoms with van der Waals surface area (Å²) in [6, 6.07) is 7.81. The van der Waals surface area contributed by atoms with Gasteiger partial charge in [0.15, 0.2) is 0 Å². The van der Waals surface area contributed by atoms with Gasteiger partial charge in [-0.25, -0.2) is 8.42 Å². The van der Waals surface area contributed by atoms with Gasteiger partial charge in [0.1, 0.15) is 0 Å². The van der Waals surface area contributed by atoms with Gasteiger partial charge in [-0.05, 0) is 30.3 Å². The minimum absolute atomic E-state index is 0.0882. The molecule has 0 atom stereocenters. The second kappa shape index (κ2) is 6.35. The summed E-state index contributed by atoms with van der Waals surface area (Å²) < 4.78 is 26.6. The molecule has 1 amide bonds. The first kappa shape index (κ1) is 16.0. The van der Waals surface area contributed by atoms with Crippen molar-refractivity contribution >= 4 is 27.5 Å². The third-order valence-electron chi connectivity index (χ3n) is 3.82. The van der Waals surface area contributed by atoms with Crippen molar-refractivity contribution in [1.82, 2.24) is 14.2 Å². The first-order valence-electron chi connectivity index (χ1n) is 7.16. The monoisotopic (exact) mass is 353 g/mol. The Balaban J connectivity index is 1.69. The lowest BCUT2D eigenvalue weighted by atomic mass is 10.2. The number of halogens is 1. The van der Waals surface area contributed by atoms with Gasteiger partial charge in [-0.3, -0.25) is 4.79 Å². The molecule has 1 saturated heterocycles. The zero-order valence-electron chi connectivity index (χ0n) is 12.3. The van der Waals surface area contributed by atoms with E-state index in [0.717, 1.165) is 0 Å². The smallest absolute Gasteiger partial charge is 0.255 e. The zero-order valence-corrected chi connectivity index (χ0v) is 13.8. The Bertz CT molecular complexity index is 780. The molecule has 0 spiro atoms. The first-order chi connectivity index (χ1) is 11.0. The number of piperazine rings is 1. The van der Waals surface area contributed by atoms with Gasteiger partial charge in [0.25, 0.3) is 5.91 Å². The average molecular weight is 354 g/mol. The van der Waals surface area contributed by atoms with Crippen LogP contribution < -0.4 is 0 Å². The molecule has 1 aromatic heterocycles. The lowest BCUT2D eigenvalue weighted by Crippen LogP contribution is -2.50. The molecule has 0 bridgehead atoms. The SMILES string of the molecule is O=C(c1cc[nH]c1)N1CCN(S(=O)(=O)c2ccc(Cl)cc2)CC1. The standard InChI is InChI=1S/C15H16ClN3O3S/c16-13-1-3-14(4-2-13)23(21,22)19-9-7-18(8-10-19)15(20)12-5-6-17-11-12/h1-6,11,17H,7-10H2. The number of nitrogens with zero attached hydrogens (tertiary/aromatic N) is 2. The van der Waals surface area contributed by atoms with E-state index in [4.69, 9.17) is 11.6 Å². The van der Waals surface area contributed by atoms with Crippen LogP contribution in [-0.2, 0) is 10.0 Å². The van der Waals surface area contributed by atoms with Gasteiger partial charge in [-0.15, -0.1) is 0 Å². The largest absolute Gasteiger partial charge is 0.367 e. The Kier molecular flexibility index (Phi) is 4.43. The minimum atomic E-state index is -3.55. The quantitative estimate of drug-likeness (QED) is 0.914. The average Bonchev–Trinajstić information content (AvgIpc) is 3.09. The van der Waals surface area contributed by atoms with Gasteiger partial charge in [0.2, 0.25) is 10.0 Å². The van der Waals surface area contributed by atoms with Crippen molar-refractivity contribution in [3.8, 4) is 0 Å². The van der Waals surface area contributed by atoms with Crippen molar-refractivity contribution < 1.29 is 13.2 Å². The molecule has 2 aromatic rings. The summed E-state index contributed by atoms with van der Waals surface area (Å²) in [5.41, 5.74) is 0.582. The molecule has 1 aromatic carbocycles. The number of H-pyrrole nitrogens is 1. The van der Waals surface area contributed by atoms with Crippen LogP contribution in [0.4, 0.5) is 0 Å². The maximum atomic E-state index is 12.6. The van der Waals surface area contributed by atoms with E-state index >= 15 is 0 Å². The highest BCUT2D eigenvalue weighted by molar-refractivity contribution is 7.89. The van der Waals surface area contributed by atoms with Crippen LogP contribution in [-0.4, -0.2) is 54.7 Å². The van der Waals surface area contributed by atoms with Crippen LogP contribution in [0.25, 0.3) is 0 Å². The summed E-state index contributed by atoms with van der Waals surface area (Å²) in [5.74, 6) is -0.0882. The molecule has 0 saturated carbocycles. The van der Waals surface area contributed by atoms with E-state index < -0.39 is 10.0 Å². The molecular formula is C15H16ClN3O3S. The fourth-order valence-electron chi connectivity index (χ4n) is 2.53. The number of benzene rings is 1. The lowest BCUT2D eigenvalue weighted by Gasteiger charge is -2.33. The Hall–Kier alpha value is -1.83. The van der Waals surface area contributed by atoms with Crippen molar-refractivity contribution in [3.63, 3.8) is 0 Å². The molecule has 122 valence electrons. The Morgan fingerprint density at radius 3 is 2.26 bits per heavy atom. The van der Waals surface area contributed by atoms with Gasteiger partial charge >= 0.3 is 0 Å². The molecule has 2 heterocycles. The van der Waals surface area contributed by atoms with Crippen molar-refractivity contribution in [2.24, 2.45) is 0 Å². The van der Waals surface area contributed by atoms with Gasteiger partial charge in [0.05, 0.1) is 10.5 Å². The second-order valence-corrected chi connectivity index (χ2v) is 7.62. The van der Waals surface area contributed by atoms with E-state index in [2.05, 4.69) is 4.98 Å². The molecule has 23 heavy (non-hydrogen) atoms. The Labute approximate surface area is 139 Å². The van der Waals surface area contributed by atoms with E-state index in [-0.39, 0.29) is 23.9 Å². The topological polar surface area (TPSA) is 73.5 Å². The van der Waals surface area contributed by atoms with Crippen LogP contribution >= 0.6 is 11.6 Å². The summed E-state index contributed by atoms with van der Waals surface area (Å²) in [4.78, 5) is 17.0. The summed E-state index contributed by atoms with van der Waals surface area (Å²) in [6.45, 7) is 1.30. The van der Waals surface area contributed by atoms with Crippen LogP contribution in [0.1, 0.15) is 10.4 Å². The number of amides is 1. The van der Waals surface area contributed by atoms with Gasteiger partial charge in [-0.1, -0.05) is 11.6 Å². The third-order valence-corrected chi connectivity index (χ3v) is 5.99. The maximum absolute atomic E-state index is 12.6. The third kappa shape index (κ3) is 3.26. The number of aromatic nitrogens is 1. The van der Waals surface area contributed by atoms with Crippen molar-refractivity contribution in [1.29, 1.82) is 0 Å².